The van der Waals surface area contributed by atoms with Crippen LogP contribution >= 0.6 is 11.3 Å². The molecular formula is C23H32N4O4S2. The molecule has 4 rings (SSSR count). The highest BCUT2D eigenvalue weighted by atomic mass is 32.2. The quantitative estimate of drug-likeness (QED) is 0.639. The molecule has 2 aliphatic rings. The maximum atomic E-state index is 13.2. The van der Waals surface area contributed by atoms with Crippen molar-refractivity contribution in [3.8, 4) is 0 Å². The average molecular weight is 493 g/mol. The second-order valence-electron chi connectivity index (χ2n) is 8.80. The second-order valence-corrected chi connectivity index (χ2v) is 11.6. The van der Waals surface area contributed by atoms with Gasteiger partial charge in [0.25, 0.3) is 0 Å². The van der Waals surface area contributed by atoms with Gasteiger partial charge in [0, 0.05) is 44.4 Å². The number of sulfonamides is 1. The molecular weight excluding hydrogens is 460 g/mol. The Morgan fingerprint density at radius 1 is 1.18 bits per heavy atom. The van der Waals surface area contributed by atoms with E-state index in [0.29, 0.717) is 43.8 Å². The fraction of sp³-hybridized carbons (Fsp3) is 0.565. The van der Waals surface area contributed by atoms with Crippen LogP contribution in [0.5, 0.6) is 0 Å². The standard InChI is InChI=1S/C23H32N4O4S2/c1-26-10-2-11-27(13-12-26)33(29,30)20-5-3-19(4-6-20)21(17-18-7-14-31-15-8-18)22(28)25-23-24-9-16-32-23/h3-6,9,16,18,21H,2,7-8,10-15,17H2,1H3,(H,24,25,28). The summed E-state index contributed by atoms with van der Waals surface area (Å²) in [4.78, 5) is 19.8. The molecule has 2 aromatic rings. The molecule has 2 aliphatic heterocycles. The van der Waals surface area contributed by atoms with Crippen LogP contribution in [-0.2, 0) is 19.6 Å². The van der Waals surface area contributed by atoms with Crippen LogP contribution in [0.15, 0.2) is 40.7 Å². The van der Waals surface area contributed by atoms with Crippen LogP contribution in [-0.4, -0.2) is 75.0 Å². The number of nitrogens with one attached hydrogen (secondary N) is 1. The molecule has 33 heavy (non-hydrogen) atoms. The van der Waals surface area contributed by atoms with E-state index in [4.69, 9.17) is 4.74 Å². The molecule has 0 radical (unpaired) electrons. The van der Waals surface area contributed by atoms with Crippen molar-refractivity contribution in [3.63, 3.8) is 0 Å². The Hall–Kier alpha value is -1.85. The molecule has 1 amide bonds. The van der Waals surface area contributed by atoms with Crippen LogP contribution in [0.25, 0.3) is 0 Å². The fourth-order valence-corrected chi connectivity index (χ4v) is 6.47. The first kappa shape index (κ1) is 24.3. The number of carbonyl (C=O) groups is 1. The average Bonchev–Trinajstić information content (AvgIpc) is 3.23. The SMILES string of the molecule is CN1CCCN(S(=O)(=O)c2ccc(C(CC3CCOCC3)C(=O)Nc3nccs3)cc2)CC1. The van der Waals surface area contributed by atoms with E-state index in [2.05, 4.69) is 15.2 Å². The van der Waals surface area contributed by atoms with Gasteiger partial charge in [-0.15, -0.1) is 11.3 Å². The molecule has 1 aromatic carbocycles. The maximum absolute atomic E-state index is 13.2. The number of aromatic nitrogens is 1. The van der Waals surface area contributed by atoms with E-state index in [1.165, 1.54) is 11.3 Å². The summed E-state index contributed by atoms with van der Waals surface area (Å²) < 4.78 is 33.4. The van der Waals surface area contributed by atoms with E-state index < -0.39 is 10.0 Å². The van der Waals surface area contributed by atoms with Crippen molar-refractivity contribution in [3.05, 3.63) is 41.4 Å². The number of nitrogens with zero attached hydrogens (tertiary/aromatic N) is 3. The Morgan fingerprint density at radius 2 is 1.94 bits per heavy atom. The highest BCUT2D eigenvalue weighted by molar-refractivity contribution is 7.89. The minimum absolute atomic E-state index is 0.109. The predicted molar refractivity (Wildman–Crippen MR) is 129 cm³/mol. The van der Waals surface area contributed by atoms with Crippen molar-refractivity contribution in [2.75, 3.05) is 51.8 Å². The van der Waals surface area contributed by atoms with Gasteiger partial charge in [-0.25, -0.2) is 13.4 Å². The van der Waals surface area contributed by atoms with Gasteiger partial charge < -0.3 is 15.0 Å². The number of likely N-dealkylation sites (N-methyl/N-ethyl adjacent to an activating group) is 1. The molecule has 2 fully saturated rings. The summed E-state index contributed by atoms with van der Waals surface area (Å²) in [5.74, 6) is -0.0912. The number of ether oxygens (including phenoxy) is 1. The number of rotatable bonds is 7. The fourth-order valence-electron chi connectivity index (χ4n) is 4.47. The van der Waals surface area contributed by atoms with Gasteiger partial charge in [0.15, 0.2) is 5.13 Å². The molecule has 1 aromatic heterocycles. The van der Waals surface area contributed by atoms with Crippen molar-refractivity contribution < 1.29 is 17.9 Å². The maximum Gasteiger partial charge on any atom is 0.243 e. The van der Waals surface area contributed by atoms with Gasteiger partial charge in [0.05, 0.1) is 10.8 Å². The van der Waals surface area contributed by atoms with Crippen molar-refractivity contribution >= 4 is 32.4 Å². The Balaban J connectivity index is 1.53. The lowest BCUT2D eigenvalue weighted by Gasteiger charge is -2.26. The number of anilines is 1. The molecule has 1 N–H and O–H groups in total. The Bertz CT molecular complexity index is 1010. The lowest BCUT2D eigenvalue weighted by molar-refractivity contribution is -0.118. The van der Waals surface area contributed by atoms with Crippen LogP contribution in [0, 0.1) is 5.92 Å². The van der Waals surface area contributed by atoms with Crippen LogP contribution in [0.1, 0.15) is 37.2 Å². The van der Waals surface area contributed by atoms with E-state index in [1.807, 2.05) is 12.4 Å². The van der Waals surface area contributed by atoms with Gasteiger partial charge in [0.1, 0.15) is 0 Å². The number of hydrogen-bond donors (Lipinski definition) is 1. The molecule has 3 heterocycles. The van der Waals surface area contributed by atoms with Crippen LogP contribution in [0.3, 0.4) is 0 Å². The van der Waals surface area contributed by atoms with E-state index in [0.717, 1.165) is 37.9 Å². The van der Waals surface area contributed by atoms with Crippen molar-refractivity contribution in [2.24, 2.45) is 5.92 Å². The van der Waals surface area contributed by atoms with E-state index in [9.17, 15) is 13.2 Å². The summed E-state index contributed by atoms with van der Waals surface area (Å²) >= 11 is 1.38. The molecule has 0 aliphatic carbocycles. The summed E-state index contributed by atoms with van der Waals surface area (Å²) in [6.45, 7) is 4.07. The molecule has 0 saturated carbocycles. The van der Waals surface area contributed by atoms with Gasteiger partial charge in [-0.3, -0.25) is 4.79 Å². The number of amides is 1. The monoisotopic (exact) mass is 492 g/mol. The number of hydrogen-bond acceptors (Lipinski definition) is 7. The van der Waals surface area contributed by atoms with Gasteiger partial charge in [-0.2, -0.15) is 4.31 Å². The lowest BCUT2D eigenvalue weighted by atomic mass is 9.84. The Morgan fingerprint density at radius 3 is 2.64 bits per heavy atom. The Kier molecular flexibility index (Phi) is 8.13. The third kappa shape index (κ3) is 6.19. The first-order valence-electron chi connectivity index (χ1n) is 11.5. The van der Waals surface area contributed by atoms with E-state index >= 15 is 0 Å². The molecule has 8 nitrogen and oxygen atoms in total. The summed E-state index contributed by atoms with van der Waals surface area (Å²) in [6, 6.07) is 6.88. The zero-order valence-electron chi connectivity index (χ0n) is 19.0. The lowest BCUT2D eigenvalue weighted by Crippen LogP contribution is -2.34. The highest BCUT2D eigenvalue weighted by Crippen LogP contribution is 2.32. The normalized spacial score (nSPS) is 20.3. The zero-order chi connectivity index (χ0) is 23.3. The minimum atomic E-state index is -3.56. The predicted octanol–water partition coefficient (Wildman–Crippen LogP) is 3.01. The van der Waals surface area contributed by atoms with Gasteiger partial charge in [0.2, 0.25) is 15.9 Å². The summed E-state index contributed by atoms with van der Waals surface area (Å²) in [6.07, 6.45) is 5.03. The minimum Gasteiger partial charge on any atom is -0.381 e. The number of benzene rings is 1. The van der Waals surface area contributed by atoms with E-state index in [1.54, 1.807) is 34.8 Å². The van der Waals surface area contributed by atoms with Gasteiger partial charge in [-0.05, 0) is 62.9 Å². The van der Waals surface area contributed by atoms with Crippen molar-refractivity contribution in [1.82, 2.24) is 14.2 Å². The smallest absolute Gasteiger partial charge is 0.243 e. The van der Waals surface area contributed by atoms with Crippen LogP contribution < -0.4 is 5.32 Å². The number of carbonyl (C=O) groups excluding carboxylic acids is 1. The van der Waals surface area contributed by atoms with Gasteiger partial charge in [-0.1, -0.05) is 12.1 Å². The topological polar surface area (TPSA) is 91.8 Å². The molecule has 180 valence electrons. The molecule has 10 heteroatoms. The summed E-state index contributed by atoms with van der Waals surface area (Å²) in [5.41, 5.74) is 0.824. The molecule has 1 unspecified atom stereocenters. The zero-order valence-corrected chi connectivity index (χ0v) is 20.6. The first-order valence-corrected chi connectivity index (χ1v) is 13.8. The molecule has 1 atom stereocenters. The van der Waals surface area contributed by atoms with Gasteiger partial charge >= 0.3 is 0 Å². The van der Waals surface area contributed by atoms with E-state index in [-0.39, 0.29) is 16.7 Å². The first-order chi connectivity index (χ1) is 15.9. The Labute approximate surface area is 200 Å². The second kappa shape index (κ2) is 11.1. The summed E-state index contributed by atoms with van der Waals surface area (Å²) in [5, 5.41) is 5.32. The summed E-state index contributed by atoms with van der Waals surface area (Å²) in [7, 11) is -1.54. The molecule has 2 saturated heterocycles. The van der Waals surface area contributed by atoms with Crippen molar-refractivity contribution in [1.29, 1.82) is 0 Å². The highest BCUT2D eigenvalue weighted by Gasteiger charge is 2.29. The van der Waals surface area contributed by atoms with Crippen LogP contribution in [0.2, 0.25) is 0 Å². The van der Waals surface area contributed by atoms with Crippen molar-refractivity contribution in [2.45, 2.75) is 36.5 Å². The third-order valence-electron chi connectivity index (χ3n) is 6.49. The largest absolute Gasteiger partial charge is 0.381 e. The van der Waals surface area contributed by atoms with Crippen LogP contribution in [0.4, 0.5) is 5.13 Å². The molecule has 0 bridgehead atoms. The number of thiazole rings is 1. The third-order valence-corrected chi connectivity index (χ3v) is 9.09. The molecule has 0 spiro atoms.